The first kappa shape index (κ1) is 14.6. The van der Waals surface area contributed by atoms with Gasteiger partial charge in [-0.3, -0.25) is 9.78 Å². The van der Waals surface area contributed by atoms with Crippen LogP contribution in [0.5, 0.6) is 0 Å². The number of rotatable bonds is 3. The Hall–Kier alpha value is -2.95. The van der Waals surface area contributed by atoms with E-state index in [0.717, 1.165) is 29.3 Å². The van der Waals surface area contributed by atoms with Gasteiger partial charge in [-0.2, -0.15) is 5.10 Å². The monoisotopic (exact) mass is 318 g/mol. The van der Waals surface area contributed by atoms with Crippen LogP contribution in [-0.4, -0.2) is 22.1 Å². The predicted molar refractivity (Wildman–Crippen MR) is 94.2 cm³/mol. The number of aromatic amines is 1. The highest BCUT2D eigenvalue weighted by Crippen LogP contribution is 2.29. The lowest BCUT2D eigenvalue weighted by Gasteiger charge is -2.10. The fourth-order valence-electron chi connectivity index (χ4n) is 3.23. The highest BCUT2D eigenvalue weighted by molar-refractivity contribution is 5.99. The summed E-state index contributed by atoms with van der Waals surface area (Å²) < 4.78 is 0. The van der Waals surface area contributed by atoms with E-state index in [1.165, 1.54) is 24.1 Å². The maximum Gasteiger partial charge on any atom is 0.271 e. The summed E-state index contributed by atoms with van der Waals surface area (Å²) in [4.78, 5) is 19.8. The Morgan fingerprint density at radius 2 is 2.17 bits per heavy atom. The number of carbonyl (C=O) groups is 1. The van der Waals surface area contributed by atoms with Crippen LogP contribution in [-0.2, 0) is 12.8 Å². The Bertz CT molecular complexity index is 912. The molecule has 0 spiro atoms. The first-order valence-electron chi connectivity index (χ1n) is 8.18. The number of aryl methyl sites for hydroxylation is 2. The molecule has 1 aliphatic carbocycles. The number of benzene rings is 1. The fourth-order valence-corrected chi connectivity index (χ4v) is 3.23. The fraction of sp³-hybridized carbons (Fsp3) is 0.211. The van der Waals surface area contributed by atoms with Crippen LogP contribution >= 0.6 is 0 Å². The standard InChI is InChI=1S/C19H18N4O/c24-19(23-21-12-13-4-3-9-20-11-13)14-7-8-18-16(10-14)15-5-1-2-6-17(15)22-18/h3-4,7-12,22H,1-2,5-6H2,(H,23,24)/b21-12-. The van der Waals surface area contributed by atoms with Gasteiger partial charge in [0.05, 0.1) is 6.21 Å². The summed E-state index contributed by atoms with van der Waals surface area (Å²) in [6, 6.07) is 9.48. The normalized spacial score (nSPS) is 14.0. The number of nitrogens with one attached hydrogen (secondary N) is 2. The maximum absolute atomic E-state index is 12.3. The van der Waals surface area contributed by atoms with Crippen LogP contribution in [0.15, 0.2) is 47.8 Å². The van der Waals surface area contributed by atoms with E-state index < -0.39 is 0 Å². The van der Waals surface area contributed by atoms with Crippen LogP contribution in [0.25, 0.3) is 10.9 Å². The molecule has 2 aromatic heterocycles. The zero-order chi connectivity index (χ0) is 16.4. The van der Waals surface area contributed by atoms with Gasteiger partial charge in [0.15, 0.2) is 0 Å². The number of aromatic nitrogens is 2. The molecule has 0 unspecified atom stereocenters. The average Bonchev–Trinajstić information content (AvgIpc) is 3.00. The number of nitrogens with zero attached hydrogens (tertiary/aromatic N) is 2. The van der Waals surface area contributed by atoms with Crippen molar-refractivity contribution in [1.82, 2.24) is 15.4 Å². The van der Waals surface area contributed by atoms with Crippen molar-refractivity contribution in [2.45, 2.75) is 25.7 Å². The number of hydrazone groups is 1. The number of fused-ring (bicyclic) bond motifs is 3. The Morgan fingerprint density at radius 1 is 1.25 bits per heavy atom. The number of carbonyl (C=O) groups excluding carboxylic acids is 1. The SMILES string of the molecule is O=C(N/N=C\c1cccnc1)c1ccc2[nH]c3c(c2c1)CCCC3. The van der Waals surface area contributed by atoms with Crippen molar-refractivity contribution in [2.24, 2.45) is 5.10 Å². The maximum atomic E-state index is 12.3. The molecule has 0 saturated heterocycles. The summed E-state index contributed by atoms with van der Waals surface area (Å²) in [5, 5.41) is 5.16. The van der Waals surface area contributed by atoms with Crippen molar-refractivity contribution >= 4 is 23.0 Å². The van der Waals surface area contributed by atoms with E-state index in [1.54, 1.807) is 18.6 Å². The Labute approximate surface area is 139 Å². The van der Waals surface area contributed by atoms with E-state index in [-0.39, 0.29) is 5.91 Å². The summed E-state index contributed by atoms with van der Waals surface area (Å²) in [6.07, 6.45) is 9.60. The molecule has 0 atom stereocenters. The summed E-state index contributed by atoms with van der Waals surface area (Å²) in [7, 11) is 0. The molecule has 3 aromatic rings. The van der Waals surface area contributed by atoms with Crippen LogP contribution in [0, 0.1) is 0 Å². The van der Waals surface area contributed by atoms with Crippen LogP contribution in [0.2, 0.25) is 0 Å². The van der Waals surface area contributed by atoms with Gasteiger partial charge in [-0.25, -0.2) is 5.43 Å². The van der Waals surface area contributed by atoms with Crippen LogP contribution in [0.3, 0.4) is 0 Å². The Kier molecular flexibility index (Phi) is 3.83. The van der Waals surface area contributed by atoms with E-state index in [4.69, 9.17) is 0 Å². The molecule has 0 radical (unpaired) electrons. The predicted octanol–water partition coefficient (Wildman–Crippen LogP) is 3.21. The quantitative estimate of drug-likeness (QED) is 0.575. The van der Waals surface area contributed by atoms with Gasteiger partial charge in [0.25, 0.3) is 5.91 Å². The molecule has 4 rings (SSSR count). The molecule has 5 heteroatoms. The molecule has 0 bridgehead atoms. The van der Waals surface area contributed by atoms with Crippen molar-refractivity contribution in [1.29, 1.82) is 0 Å². The number of amides is 1. The van der Waals surface area contributed by atoms with Gasteiger partial charge >= 0.3 is 0 Å². The van der Waals surface area contributed by atoms with E-state index in [9.17, 15) is 4.79 Å². The van der Waals surface area contributed by atoms with Gasteiger partial charge in [-0.05, 0) is 55.5 Å². The molecule has 2 heterocycles. The number of pyridine rings is 1. The van der Waals surface area contributed by atoms with Crippen molar-refractivity contribution in [3.8, 4) is 0 Å². The lowest BCUT2D eigenvalue weighted by atomic mass is 9.95. The molecule has 24 heavy (non-hydrogen) atoms. The minimum Gasteiger partial charge on any atom is -0.358 e. The molecule has 2 N–H and O–H groups in total. The third-order valence-electron chi connectivity index (χ3n) is 4.42. The zero-order valence-corrected chi connectivity index (χ0v) is 13.2. The molecular formula is C19H18N4O. The smallest absolute Gasteiger partial charge is 0.271 e. The molecule has 1 aliphatic rings. The Balaban J connectivity index is 1.55. The molecule has 120 valence electrons. The minimum absolute atomic E-state index is 0.206. The third kappa shape index (κ3) is 2.80. The summed E-state index contributed by atoms with van der Waals surface area (Å²) in [6.45, 7) is 0. The molecule has 1 aromatic carbocycles. The van der Waals surface area contributed by atoms with Crippen LogP contribution < -0.4 is 5.43 Å². The van der Waals surface area contributed by atoms with Gasteiger partial charge in [-0.15, -0.1) is 0 Å². The van der Waals surface area contributed by atoms with E-state index in [0.29, 0.717) is 5.56 Å². The topological polar surface area (TPSA) is 70.1 Å². The number of H-pyrrole nitrogens is 1. The third-order valence-corrected chi connectivity index (χ3v) is 4.42. The van der Waals surface area contributed by atoms with Crippen LogP contribution in [0.4, 0.5) is 0 Å². The van der Waals surface area contributed by atoms with E-state index in [2.05, 4.69) is 20.5 Å². The summed E-state index contributed by atoms with van der Waals surface area (Å²) in [5.41, 5.74) is 7.84. The van der Waals surface area contributed by atoms with Gasteiger partial charge < -0.3 is 4.98 Å². The zero-order valence-electron chi connectivity index (χ0n) is 13.2. The second-order valence-electron chi connectivity index (χ2n) is 6.04. The second-order valence-corrected chi connectivity index (χ2v) is 6.04. The van der Waals surface area contributed by atoms with Crippen molar-refractivity contribution in [3.05, 3.63) is 65.1 Å². The van der Waals surface area contributed by atoms with E-state index in [1.807, 2.05) is 30.3 Å². The number of hydrogen-bond donors (Lipinski definition) is 2. The van der Waals surface area contributed by atoms with Crippen LogP contribution in [0.1, 0.15) is 40.0 Å². The largest absolute Gasteiger partial charge is 0.358 e. The first-order valence-corrected chi connectivity index (χ1v) is 8.18. The molecule has 0 fully saturated rings. The molecule has 0 aliphatic heterocycles. The molecule has 0 saturated carbocycles. The molecule has 5 nitrogen and oxygen atoms in total. The summed E-state index contributed by atoms with van der Waals surface area (Å²) in [5.74, 6) is -0.206. The van der Waals surface area contributed by atoms with Gasteiger partial charge in [0.2, 0.25) is 0 Å². The second kappa shape index (κ2) is 6.28. The van der Waals surface area contributed by atoms with E-state index >= 15 is 0 Å². The highest BCUT2D eigenvalue weighted by Gasteiger charge is 2.16. The van der Waals surface area contributed by atoms with Gasteiger partial charge in [-0.1, -0.05) is 6.07 Å². The Morgan fingerprint density at radius 3 is 3.04 bits per heavy atom. The average molecular weight is 318 g/mol. The lowest BCUT2D eigenvalue weighted by molar-refractivity contribution is 0.0955. The van der Waals surface area contributed by atoms with Crippen molar-refractivity contribution in [2.75, 3.05) is 0 Å². The van der Waals surface area contributed by atoms with Crippen molar-refractivity contribution in [3.63, 3.8) is 0 Å². The molecule has 1 amide bonds. The van der Waals surface area contributed by atoms with Gasteiger partial charge in [0.1, 0.15) is 0 Å². The van der Waals surface area contributed by atoms with Gasteiger partial charge in [0, 0.05) is 40.1 Å². The number of hydrogen-bond acceptors (Lipinski definition) is 3. The minimum atomic E-state index is -0.206. The summed E-state index contributed by atoms with van der Waals surface area (Å²) >= 11 is 0. The van der Waals surface area contributed by atoms with Crippen molar-refractivity contribution < 1.29 is 4.79 Å². The lowest BCUT2D eigenvalue weighted by Crippen LogP contribution is -2.17. The highest BCUT2D eigenvalue weighted by atomic mass is 16.2. The molecular weight excluding hydrogens is 300 g/mol. The first-order chi connectivity index (χ1) is 11.8.